The Bertz CT molecular complexity index is 1550. The molecule has 220 valence electrons. The summed E-state index contributed by atoms with van der Waals surface area (Å²) in [7, 11) is 1.27. The Labute approximate surface area is 240 Å². The van der Waals surface area contributed by atoms with Crippen molar-refractivity contribution in [2.45, 2.75) is 11.4 Å². The zero-order valence-corrected chi connectivity index (χ0v) is 24.2. The monoisotopic (exact) mass is 584 g/mol. The number of nitrogens with two attached hydrogens (primary N) is 1. The molecule has 0 radical (unpaired) electrons. The van der Waals surface area contributed by atoms with E-state index in [4.69, 9.17) is 24.5 Å². The van der Waals surface area contributed by atoms with Crippen LogP contribution in [0.25, 0.3) is 10.9 Å². The van der Waals surface area contributed by atoms with Gasteiger partial charge in [0.1, 0.15) is 11.5 Å². The number of rotatable bonds is 9. The molecule has 1 fully saturated rings. The SMILES string of the molecule is COc1cc2c(Oc3cccc(N)c3)ccnc2cc1OCCCN1CCN(C)CC1.Cn1ccc(S(=O)(=O)O)n1. The van der Waals surface area contributed by atoms with Crippen molar-refractivity contribution >= 4 is 26.7 Å². The Kier molecular flexibility index (Phi) is 10.00. The van der Waals surface area contributed by atoms with Crippen LogP contribution in [0.3, 0.4) is 0 Å². The number of methoxy groups -OCH3 is 1. The topological polar surface area (TPSA) is 145 Å². The molecule has 3 N–H and O–H groups in total. The van der Waals surface area contributed by atoms with Crippen LogP contribution in [0.5, 0.6) is 23.0 Å². The number of likely N-dealkylation sites (N-methyl/N-ethyl adjacent to an activating group) is 1. The average molecular weight is 585 g/mol. The first-order valence-corrected chi connectivity index (χ1v) is 14.6. The van der Waals surface area contributed by atoms with E-state index < -0.39 is 10.1 Å². The summed E-state index contributed by atoms with van der Waals surface area (Å²) >= 11 is 0. The van der Waals surface area contributed by atoms with E-state index in [9.17, 15) is 8.42 Å². The summed E-state index contributed by atoms with van der Waals surface area (Å²) in [5, 5.41) is 3.99. The van der Waals surface area contributed by atoms with Gasteiger partial charge in [0, 0.05) is 75.4 Å². The number of hydrogen-bond acceptors (Lipinski definition) is 10. The molecule has 0 spiro atoms. The van der Waals surface area contributed by atoms with Crippen molar-refractivity contribution in [1.29, 1.82) is 0 Å². The van der Waals surface area contributed by atoms with Crippen molar-refractivity contribution in [2.24, 2.45) is 7.05 Å². The lowest BCUT2D eigenvalue weighted by atomic mass is 10.1. The van der Waals surface area contributed by atoms with E-state index in [1.165, 1.54) is 16.9 Å². The van der Waals surface area contributed by atoms with Gasteiger partial charge in [-0.05, 0) is 43.8 Å². The van der Waals surface area contributed by atoms with Crippen LogP contribution in [0.1, 0.15) is 6.42 Å². The smallest absolute Gasteiger partial charge is 0.313 e. The highest BCUT2D eigenvalue weighted by Crippen LogP contribution is 2.37. The van der Waals surface area contributed by atoms with Crippen LogP contribution < -0.4 is 19.9 Å². The van der Waals surface area contributed by atoms with Gasteiger partial charge in [-0.2, -0.15) is 13.5 Å². The van der Waals surface area contributed by atoms with Gasteiger partial charge in [-0.1, -0.05) is 6.07 Å². The Balaban J connectivity index is 0.000000328. The Morgan fingerprint density at radius 1 is 1.00 bits per heavy atom. The van der Waals surface area contributed by atoms with Crippen molar-refractivity contribution in [3.8, 4) is 23.0 Å². The summed E-state index contributed by atoms with van der Waals surface area (Å²) in [6.07, 6.45) is 4.13. The number of aryl methyl sites for hydroxylation is 1. The standard InChI is InChI=1S/C24H30N4O3.C4H6N2O3S/c1-27-10-12-28(13-11-27)9-4-14-30-24-17-21-20(16-23(24)29-2)22(7-8-26-21)31-19-6-3-5-18(25)15-19;1-6-3-2-4(5-6)10(7,8)9/h3,5-8,15-17H,4,9-14,25H2,1-2H3;2-3H,1H3,(H,7,8,9). The molecule has 0 unspecified atom stereocenters. The van der Waals surface area contributed by atoms with Crippen LogP contribution >= 0.6 is 0 Å². The molecule has 2 aromatic heterocycles. The summed E-state index contributed by atoms with van der Waals surface area (Å²) in [5.41, 5.74) is 7.31. The third-order valence-corrected chi connectivity index (χ3v) is 7.24. The molecule has 0 atom stereocenters. The molecule has 0 bridgehead atoms. The van der Waals surface area contributed by atoms with Gasteiger partial charge in [0.05, 0.1) is 19.2 Å². The molecule has 1 aliphatic rings. The van der Waals surface area contributed by atoms with E-state index in [1.54, 1.807) is 26.4 Å². The van der Waals surface area contributed by atoms with E-state index in [0.717, 1.165) is 50.0 Å². The van der Waals surface area contributed by atoms with Crippen molar-refractivity contribution in [2.75, 3.05) is 59.2 Å². The fourth-order valence-corrected chi connectivity index (χ4v) is 4.73. The van der Waals surface area contributed by atoms with E-state index in [0.29, 0.717) is 35.3 Å². The second-order valence-electron chi connectivity index (χ2n) is 9.65. The van der Waals surface area contributed by atoms with Gasteiger partial charge in [0.15, 0.2) is 11.5 Å². The number of hydrogen-bond donors (Lipinski definition) is 2. The minimum absolute atomic E-state index is 0.324. The van der Waals surface area contributed by atoms with Crippen LogP contribution in [0.2, 0.25) is 0 Å². The largest absolute Gasteiger partial charge is 0.493 e. The first-order chi connectivity index (χ1) is 19.6. The highest BCUT2D eigenvalue weighted by Gasteiger charge is 2.15. The molecule has 0 saturated carbocycles. The van der Waals surface area contributed by atoms with Crippen LogP contribution in [-0.4, -0.2) is 91.0 Å². The van der Waals surface area contributed by atoms with Gasteiger partial charge in [0.2, 0.25) is 5.03 Å². The van der Waals surface area contributed by atoms with Gasteiger partial charge >= 0.3 is 10.1 Å². The number of nitrogens with zero attached hydrogens (tertiary/aromatic N) is 5. The average Bonchev–Trinajstić information content (AvgIpc) is 3.39. The minimum atomic E-state index is -4.11. The van der Waals surface area contributed by atoms with Crippen LogP contribution in [0, 0.1) is 0 Å². The van der Waals surface area contributed by atoms with Crippen molar-refractivity contribution < 1.29 is 27.2 Å². The summed E-state index contributed by atoms with van der Waals surface area (Å²) in [6.45, 7) is 6.18. The number of piperazine rings is 1. The lowest BCUT2D eigenvalue weighted by Crippen LogP contribution is -2.44. The quantitative estimate of drug-likeness (QED) is 0.170. The predicted octanol–water partition coefficient (Wildman–Crippen LogP) is 3.30. The molecule has 0 amide bonds. The number of aromatic nitrogens is 3. The zero-order valence-electron chi connectivity index (χ0n) is 23.4. The van der Waals surface area contributed by atoms with Crippen LogP contribution in [0.15, 0.2) is 66.0 Å². The Morgan fingerprint density at radius 3 is 2.41 bits per heavy atom. The predicted molar refractivity (Wildman–Crippen MR) is 156 cm³/mol. The van der Waals surface area contributed by atoms with E-state index >= 15 is 0 Å². The normalized spacial score (nSPS) is 14.3. The molecule has 1 aliphatic heterocycles. The third kappa shape index (κ3) is 8.54. The molecule has 5 rings (SSSR count). The van der Waals surface area contributed by atoms with Crippen LogP contribution in [0.4, 0.5) is 5.69 Å². The van der Waals surface area contributed by atoms with Crippen LogP contribution in [-0.2, 0) is 17.2 Å². The lowest BCUT2D eigenvalue weighted by molar-refractivity contribution is 0.145. The summed E-state index contributed by atoms with van der Waals surface area (Å²) in [6, 6.07) is 14.2. The number of ether oxygens (including phenoxy) is 3. The summed E-state index contributed by atoms with van der Waals surface area (Å²) in [5.74, 6) is 2.73. The van der Waals surface area contributed by atoms with Gasteiger partial charge < -0.3 is 29.7 Å². The van der Waals surface area contributed by atoms with Gasteiger partial charge in [0.25, 0.3) is 0 Å². The van der Waals surface area contributed by atoms with E-state index in [-0.39, 0.29) is 5.03 Å². The lowest BCUT2D eigenvalue weighted by Gasteiger charge is -2.32. The second-order valence-corrected chi connectivity index (χ2v) is 11.0. The molecule has 13 heteroatoms. The van der Waals surface area contributed by atoms with Gasteiger partial charge in [-0.3, -0.25) is 14.2 Å². The first-order valence-electron chi connectivity index (χ1n) is 13.1. The molecule has 2 aromatic carbocycles. The molecule has 1 saturated heterocycles. The van der Waals surface area contributed by atoms with Gasteiger partial charge in [-0.15, -0.1) is 0 Å². The molecule has 12 nitrogen and oxygen atoms in total. The fourth-order valence-electron chi connectivity index (χ4n) is 4.27. The van der Waals surface area contributed by atoms with E-state index in [1.807, 2.05) is 36.4 Å². The van der Waals surface area contributed by atoms with Crippen molar-refractivity contribution in [1.82, 2.24) is 24.6 Å². The molecular weight excluding hydrogens is 548 g/mol. The number of fused-ring (bicyclic) bond motifs is 1. The number of pyridine rings is 1. The third-order valence-electron chi connectivity index (χ3n) is 6.50. The summed E-state index contributed by atoms with van der Waals surface area (Å²) in [4.78, 5) is 9.35. The Morgan fingerprint density at radius 2 is 1.78 bits per heavy atom. The number of benzene rings is 2. The number of nitrogen functional groups attached to an aromatic ring is 1. The fraction of sp³-hybridized carbons (Fsp3) is 0.357. The molecule has 3 heterocycles. The van der Waals surface area contributed by atoms with Gasteiger partial charge in [-0.25, -0.2) is 0 Å². The maximum absolute atomic E-state index is 10.3. The van der Waals surface area contributed by atoms with Crippen molar-refractivity contribution in [3.05, 3.63) is 60.9 Å². The van der Waals surface area contributed by atoms with E-state index in [2.05, 4.69) is 26.9 Å². The highest BCUT2D eigenvalue weighted by atomic mass is 32.2. The zero-order chi connectivity index (χ0) is 29.4. The van der Waals surface area contributed by atoms with Crippen molar-refractivity contribution in [3.63, 3.8) is 0 Å². The number of anilines is 1. The first kappa shape index (κ1) is 30.1. The minimum Gasteiger partial charge on any atom is -0.493 e. The molecule has 41 heavy (non-hydrogen) atoms. The second kappa shape index (κ2) is 13.6. The Hall–Kier alpha value is -3.91. The highest BCUT2D eigenvalue weighted by molar-refractivity contribution is 7.85. The molecule has 0 aliphatic carbocycles. The maximum atomic E-state index is 10.3. The maximum Gasteiger partial charge on any atom is 0.313 e. The summed E-state index contributed by atoms with van der Waals surface area (Å²) < 4.78 is 48.1. The molecular formula is C28H36N6O6S. The molecule has 4 aromatic rings.